The highest BCUT2D eigenvalue weighted by Crippen LogP contribution is 2.27. The van der Waals surface area contributed by atoms with E-state index in [-0.39, 0.29) is 6.04 Å². The quantitative estimate of drug-likeness (QED) is 0.674. The number of hydrogen-bond acceptors (Lipinski definition) is 5. The molecular formula is C9H10BrN3S2. The smallest absolute Gasteiger partial charge is 0.0795 e. The van der Waals surface area contributed by atoms with Crippen LogP contribution >= 0.6 is 38.6 Å². The van der Waals surface area contributed by atoms with Gasteiger partial charge in [0, 0.05) is 21.2 Å². The fourth-order valence-electron chi connectivity index (χ4n) is 1.30. The van der Waals surface area contributed by atoms with Gasteiger partial charge in [0.15, 0.2) is 0 Å². The Bertz CT molecular complexity index is 413. The van der Waals surface area contributed by atoms with Crippen molar-refractivity contribution in [2.24, 2.45) is 5.84 Å². The Kier molecular flexibility index (Phi) is 3.87. The van der Waals surface area contributed by atoms with Crippen LogP contribution in [0, 0.1) is 0 Å². The molecule has 3 nitrogen and oxygen atoms in total. The first kappa shape index (κ1) is 11.2. The average Bonchev–Trinajstić information content (AvgIpc) is 2.86. The monoisotopic (exact) mass is 303 g/mol. The molecule has 0 spiro atoms. The van der Waals surface area contributed by atoms with E-state index < -0.39 is 0 Å². The van der Waals surface area contributed by atoms with E-state index in [2.05, 4.69) is 37.8 Å². The summed E-state index contributed by atoms with van der Waals surface area (Å²) in [7, 11) is 0. The number of hydrogen-bond donors (Lipinski definition) is 2. The zero-order valence-electron chi connectivity index (χ0n) is 7.81. The van der Waals surface area contributed by atoms with Crippen LogP contribution < -0.4 is 11.3 Å². The minimum absolute atomic E-state index is 0.0891. The van der Waals surface area contributed by atoms with E-state index in [9.17, 15) is 0 Å². The zero-order chi connectivity index (χ0) is 10.7. The van der Waals surface area contributed by atoms with Crippen LogP contribution in [0.25, 0.3) is 0 Å². The second kappa shape index (κ2) is 5.18. The molecule has 0 aliphatic heterocycles. The van der Waals surface area contributed by atoms with Gasteiger partial charge >= 0.3 is 0 Å². The van der Waals surface area contributed by atoms with Gasteiger partial charge in [-0.2, -0.15) is 0 Å². The summed E-state index contributed by atoms with van der Waals surface area (Å²) in [5, 5.41) is 4.08. The SMILES string of the molecule is NNC(Cc1sccc1Br)c1cscn1. The molecule has 1 atom stereocenters. The molecule has 0 bridgehead atoms. The number of nitrogens with zero attached hydrogens (tertiary/aromatic N) is 1. The molecule has 2 aromatic rings. The summed E-state index contributed by atoms with van der Waals surface area (Å²) < 4.78 is 1.14. The van der Waals surface area contributed by atoms with E-state index in [1.807, 2.05) is 10.9 Å². The molecule has 0 fully saturated rings. The minimum atomic E-state index is 0.0891. The number of rotatable bonds is 4. The molecule has 0 saturated carbocycles. The van der Waals surface area contributed by atoms with Crippen molar-refractivity contribution in [3.05, 3.63) is 37.4 Å². The standard InChI is InChI=1S/C9H10BrN3S2/c10-6-1-2-15-9(6)3-7(13-11)8-4-14-5-12-8/h1-2,4-5,7,13H,3,11H2. The van der Waals surface area contributed by atoms with Crippen molar-refractivity contribution < 1.29 is 0 Å². The fraction of sp³-hybridized carbons (Fsp3) is 0.222. The lowest BCUT2D eigenvalue weighted by Crippen LogP contribution is -2.29. The van der Waals surface area contributed by atoms with E-state index >= 15 is 0 Å². The molecule has 15 heavy (non-hydrogen) atoms. The Hall–Kier alpha value is -0.270. The topological polar surface area (TPSA) is 50.9 Å². The van der Waals surface area contributed by atoms with Crippen LogP contribution in [0.15, 0.2) is 26.8 Å². The molecule has 2 aromatic heterocycles. The third kappa shape index (κ3) is 2.64. The number of halogens is 1. The van der Waals surface area contributed by atoms with Crippen LogP contribution in [0.5, 0.6) is 0 Å². The van der Waals surface area contributed by atoms with E-state index in [0.717, 1.165) is 16.6 Å². The molecule has 0 aliphatic rings. The van der Waals surface area contributed by atoms with Gasteiger partial charge in [-0.25, -0.2) is 4.98 Å². The van der Waals surface area contributed by atoms with E-state index in [1.54, 1.807) is 22.7 Å². The second-order valence-electron chi connectivity index (χ2n) is 3.03. The van der Waals surface area contributed by atoms with Crippen LogP contribution in [0.1, 0.15) is 16.6 Å². The lowest BCUT2D eigenvalue weighted by atomic mass is 10.1. The molecule has 0 aromatic carbocycles. The summed E-state index contributed by atoms with van der Waals surface area (Å²) >= 11 is 6.82. The van der Waals surface area contributed by atoms with Gasteiger partial charge < -0.3 is 0 Å². The lowest BCUT2D eigenvalue weighted by molar-refractivity contribution is 0.544. The summed E-state index contributed by atoms with van der Waals surface area (Å²) in [6.07, 6.45) is 0.860. The number of hydrazine groups is 1. The van der Waals surface area contributed by atoms with Gasteiger partial charge in [-0.3, -0.25) is 11.3 Å². The molecule has 2 heterocycles. The van der Waals surface area contributed by atoms with Gasteiger partial charge in [-0.15, -0.1) is 22.7 Å². The Morgan fingerprint density at radius 1 is 1.60 bits per heavy atom. The Morgan fingerprint density at radius 2 is 2.47 bits per heavy atom. The molecule has 6 heteroatoms. The maximum absolute atomic E-state index is 5.53. The van der Waals surface area contributed by atoms with Gasteiger partial charge in [0.05, 0.1) is 17.2 Å². The molecule has 0 saturated heterocycles. The fourth-order valence-corrected chi connectivity index (χ4v) is 3.47. The van der Waals surface area contributed by atoms with Crippen molar-refractivity contribution >= 4 is 38.6 Å². The molecular weight excluding hydrogens is 294 g/mol. The number of thiophene rings is 1. The number of nitrogens with two attached hydrogens (primary N) is 1. The third-order valence-corrected chi connectivity index (χ3v) is 4.64. The van der Waals surface area contributed by atoms with E-state index in [4.69, 9.17) is 5.84 Å². The van der Waals surface area contributed by atoms with Gasteiger partial charge in [0.2, 0.25) is 0 Å². The lowest BCUT2D eigenvalue weighted by Gasteiger charge is -2.12. The number of thiazole rings is 1. The van der Waals surface area contributed by atoms with Crippen molar-refractivity contribution in [1.82, 2.24) is 10.4 Å². The highest BCUT2D eigenvalue weighted by Gasteiger charge is 2.14. The summed E-state index contributed by atoms with van der Waals surface area (Å²) in [6.45, 7) is 0. The van der Waals surface area contributed by atoms with Crippen molar-refractivity contribution in [2.75, 3.05) is 0 Å². The van der Waals surface area contributed by atoms with E-state index in [0.29, 0.717) is 0 Å². The predicted octanol–water partition coefficient (Wildman–Crippen LogP) is 2.71. The molecule has 3 N–H and O–H groups in total. The number of aromatic nitrogens is 1. The van der Waals surface area contributed by atoms with Crippen molar-refractivity contribution in [3.63, 3.8) is 0 Å². The van der Waals surface area contributed by atoms with Crippen LogP contribution in [-0.4, -0.2) is 4.98 Å². The first-order chi connectivity index (χ1) is 7.31. The van der Waals surface area contributed by atoms with Crippen molar-refractivity contribution in [2.45, 2.75) is 12.5 Å². The number of nitrogens with one attached hydrogen (secondary N) is 1. The molecule has 1 unspecified atom stereocenters. The average molecular weight is 304 g/mol. The highest BCUT2D eigenvalue weighted by atomic mass is 79.9. The van der Waals surface area contributed by atoms with Gasteiger partial charge in [0.1, 0.15) is 0 Å². The molecule has 80 valence electrons. The van der Waals surface area contributed by atoms with Gasteiger partial charge in [-0.05, 0) is 27.4 Å². The summed E-state index contributed by atoms with van der Waals surface area (Å²) in [4.78, 5) is 5.55. The minimum Gasteiger partial charge on any atom is -0.271 e. The first-order valence-corrected chi connectivity index (χ1v) is 6.99. The normalized spacial score (nSPS) is 12.9. The van der Waals surface area contributed by atoms with Crippen LogP contribution in [0.4, 0.5) is 0 Å². The van der Waals surface area contributed by atoms with E-state index in [1.165, 1.54) is 4.88 Å². The maximum Gasteiger partial charge on any atom is 0.0795 e. The van der Waals surface area contributed by atoms with Gasteiger partial charge in [0.25, 0.3) is 0 Å². The largest absolute Gasteiger partial charge is 0.271 e. The van der Waals surface area contributed by atoms with Crippen LogP contribution in [0.3, 0.4) is 0 Å². The Labute approximate surface area is 104 Å². The van der Waals surface area contributed by atoms with Crippen molar-refractivity contribution in [3.8, 4) is 0 Å². The van der Waals surface area contributed by atoms with Gasteiger partial charge in [-0.1, -0.05) is 0 Å². The Balaban J connectivity index is 2.13. The summed E-state index contributed by atoms with van der Waals surface area (Å²) in [6, 6.07) is 2.14. The van der Waals surface area contributed by atoms with Crippen LogP contribution in [0.2, 0.25) is 0 Å². The second-order valence-corrected chi connectivity index (χ2v) is 5.60. The summed E-state index contributed by atoms with van der Waals surface area (Å²) in [5.74, 6) is 5.53. The molecule has 0 amide bonds. The molecule has 2 rings (SSSR count). The van der Waals surface area contributed by atoms with Crippen molar-refractivity contribution in [1.29, 1.82) is 0 Å². The maximum atomic E-state index is 5.53. The molecule has 0 aliphatic carbocycles. The Morgan fingerprint density at radius 3 is 3.00 bits per heavy atom. The highest BCUT2D eigenvalue weighted by molar-refractivity contribution is 9.10. The zero-order valence-corrected chi connectivity index (χ0v) is 11.0. The van der Waals surface area contributed by atoms with Crippen LogP contribution in [-0.2, 0) is 6.42 Å². The third-order valence-electron chi connectivity index (χ3n) is 2.09. The summed E-state index contributed by atoms with van der Waals surface area (Å²) in [5.41, 5.74) is 5.63. The first-order valence-electron chi connectivity index (χ1n) is 4.37. The molecule has 0 radical (unpaired) electrons. The predicted molar refractivity (Wildman–Crippen MR) is 67.9 cm³/mol.